The molecule has 0 spiro atoms. The fourth-order valence-electron chi connectivity index (χ4n) is 2.38. The van der Waals surface area contributed by atoms with Crippen molar-refractivity contribution >= 4 is 29.2 Å². The fraction of sp³-hybridized carbons (Fsp3) is 0.438. The van der Waals surface area contributed by atoms with Gasteiger partial charge in [-0.25, -0.2) is 4.68 Å². The molecule has 0 saturated heterocycles. The number of hydrogen-bond acceptors (Lipinski definition) is 4. The van der Waals surface area contributed by atoms with E-state index in [9.17, 15) is 9.90 Å². The molecule has 130 valence electrons. The van der Waals surface area contributed by atoms with Crippen molar-refractivity contribution < 1.29 is 9.90 Å². The van der Waals surface area contributed by atoms with Crippen molar-refractivity contribution in [3.05, 3.63) is 40.1 Å². The third-order valence-corrected chi connectivity index (χ3v) is 4.04. The van der Waals surface area contributed by atoms with Crippen molar-refractivity contribution in [1.82, 2.24) is 20.3 Å². The lowest BCUT2D eigenvalue weighted by atomic mass is 9.97. The third-order valence-electron chi connectivity index (χ3n) is 3.50. The Morgan fingerprint density at radius 1 is 1.38 bits per heavy atom. The van der Waals surface area contributed by atoms with E-state index in [4.69, 9.17) is 23.2 Å². The molecular formula is C16H20Cl2N4O2. The van der Waals surface area contributed by atoms with Gasteiger partial charge in [0.25, 0.3) is 0 Å². The Kier molecular flexibility index (Phi) is 6.60. The van der Waals surface area contributed by atoms with Crippen LogP contribution < -0.4 is 5.32 Å². The van der Waals surface area contributed by atoms with Crippen LogP contribution in [0.2, 0.25) is 10.0 Å². The molecule has 8 heteroatoms. The number of aromatic nitrogens is 3. The van der Waals surface area contributed by atoms with E-state index < -0.39 is 11.9 Å². The summed E-state index contributed by atoms with van der Waals surface area (Å²) in [7, 11) is 0. The Bertz CT molecular complexity index is 703. The first-order chi connectivity index (χ1) is 11.4. The van der Waals surface area contributed by atoms with Crippen molar-refractivity contribution in [2.24, 2.45) is 11.8 Å². The van der Waals surface area contributed by atoms with Gasteiger partial charge in [0.05, 0.1) is 28.5 Å². The second-order valence-electron chi connectivity index (χ2n) is 6.05. The van der Waals surface area contributed by atoms with Gasteiger partial charge < -0.3 is 10.4 Å². The van der Waals surface area contributed by atoms with Crippen molar-refractivity contribution in [2.75, 3.05) is 6.54 Å². The SMILES string of the molecule is CC(C)CC(CNCc1cn(-c2ccc(Cl)cc2Cl)nn1)C(=O)O. The molecule has 2 N–H and O–H groups in total. The number of nitrogens with one attached hydrogen (secondary N) is 1. The topological polar surface area (TPSA) is 80.0 Å². The first-order valence-corrected chi connectivity index (χ1v) is 8.42. The summed E-state index contributed by atoms with van der Waals surface area (Å²) in [6.07, 6.45) is 2.38. The molecule has 0 aliphatic heterocycles. The van der Waals surface area contributed by atoms with Crippen LogP contribution in [-0.4, -0.2) is 32.6 Å². The van der Waals surface area contributed by atoms with Crippen molar-refractivity contribution in [2.45, 2.75) is 26.8 Å². The van der Waals surface area contributed by atoms with Gasteiger partial charge in [-0.05, 0) is 30.5 Å². The van der Waals surface area contributed by atoms with Gasteiger partial charge >= 0.3 is 5.97 Å². The van der Waals surface area contributed by atoms with Crippen LogP contribution >= 0.6 is 23.2 Å². The molecule has 0 saturated carbocycles. The molecule has 1 unspecified atom stereocenters. The molecule has 1 aromatic heterocycles. The molecule has 0 fully saturated rings. The summed E-state index contributed by atoms with van der Waals surface area (Å²) in [5.74, 6) is -0.862. The molecule has 2 rings (SSSR count). The number of carboxylic acid groups (broad SMARTS) is 1. The predicted octanol–water partition coefficient (Wildman–Crippen LogP) is 3.41. The molecule has 0 aliphatic rings. The first kappa shape index (κ1) is 18.7. The zero-order valence-electron chi connectivity index (χ0n) is 13.5. The molecule has 2 aromatic rings. The standard InChI is InChI=1S/C16H20Cl2N4O2/c1-10(2)5-11(16(23)24)7-19-8-13-9-22(21-20-13)15-4-3-12(17)6-14(15)18/h3-4,6,9-11,19H,5,7-8H2,1-2H3,(H,23,24). The normalized spacial score (nSPS) is 12.5. The summed E-state index contributed by atoms with van der Waals surface area (Å²) in [4.78, 5) is 11.2. The van der Waals surface area contributed by atoms with Crippen LogP contribution in [0.4, 0.5) is 0 Å². The van der Waals surface area contributed by atoms with Crippen LogP contribution in [-0.2, 0) is 11.3 Å². The quantitative estimate of drug-likeness (QED) is 0.743. The summed E-state index contributed by atoms with van der Waals surface area (Å²) in [6.45, 7) is 4.85. The summed E-state index contributed by atoms with van der Waals surface area (Å²) in [5, 5.41) is 21.5. The van der Waals surface area contributed by atoms with E-state index >= 15 is 0 Å². The number of aliphatic carboxylic acids is 1. The Labute approximate surface area is 150 Å². The van der Waals surface area contributed by atoms with Crippen LogP contribution in [0.15, 0.2) is 24.4 Å². The molecule has 1 aromatic carbocycles. The second kappa shape index (κ2) is 8.46. The molecule has 0 bridgehead atoms. The highest BCUT2D eigenvalue weighted by atomic mass is 35.5. The summed E-state index contributed by atoms with van der Waals surface area (Å²) in [5.41, 5.74) is 1.39. The molecule has 0 radical (unpaired) electrons. The van der Waals surface area contributed by atoms with E-state index in [1.807, 2.05) is 13.8 Å². The Hall–Kier alpha value is -1.63. The smallest absolute Gasteiger partial charge is 0.307 e. The maximum Gasteiger partial charge on any atom is 0.307 e. The summed E-state index contributed by atoms with van der Waals surface area (Å²) < 4.78 is 1.57. The molecule has 1 heterocycles. The monoisotopic (exact) mass is 370 g/mol. The minimum absolute atomic E-state index is 0.334. The van der Waals surface area contributed by atoms with Gasteiger partial charge in [0, 0.05) is 18.1 Å². The van der Waals surface area contributed by atoms with E-state index in [0.29, 0.717) is 46.9 Å². The summed E-state index contributed by atoms with van der Waals surface area (Å²) >= 11 is 12.0. The predicted molar refractivity (Wildman–Crippen MR) is 93.7 cm³/mol. The van der Waals surface area contributed by atoms with Crippen LogP contribution in [0.25, 0.3) is 5.69 Å². The van der Waals surface area contributed by atoms with E-state index in [2.05, 4.69) is 15.6 Å². The fourth-order valence-corrected chi connectivity index (χ4v) is 2.87. The molecular weight excluding hydrogens is 351 g/mol. The number of carboxylic acids is 1. The van der Waals surface area contributed by atoms with Gasteiger partial charge in [0.15, 0.2) is 0 Å². The second-order valence-corrected chi connectivity index (χ2v) is 6.89. The highest BCUT2D eigenvalue weighted by Gasteiger charge is 2.18. The molecule has 24 heavy (non-hydrogen) atoms. The van der Waals surface area contributed by atoms with Gasteiger partial charge in [0.1, 0.15) is 0 Å². The van der Waals surface area contributed by atoms with Gasteiger partial charge in [0.2, 0.25) is 0 Å². The minimum atomic E-state index is -0.784. The Balaban J connectivity index is 1.95. The molecule has 0 aliphatic carbocycles. The van der Waals surface area contributed by atoms with Gasteiger partial charge in [-0.15, -0.1) is 5.10 Å². The van der Waals surface area contributed by atoms with Gasteiger partial charge in [-0.3, -0.25) is 4.79 Å². The minimum Gasteiger partial charge on any atom is -0.481 e. The highest BCUT2D eigenvalue weighted by Crippen LogP contribution is 2.23. The number of carbonyl (C=O) groups is 1. The Morgan fingerprint density at radius 2 is 2.12 bits per heavy atom. The highest BCUT2D eigenvalue weighted by molar-refractivity contribution is 6.35. The first-order valence-electron chi connectivity index (χ1n) is 7.67. The van der Waals surface area contributed by atoms with E-state index in [0.717, 1.165) is 0 Å². The molecule has 1 atom stereocenters. The van der Waals surface area contributed by atoms with Crippen molar-refractivity contribution in [1.29, 1.82) is 0 Å². The average Bonchev–Trinajstić information content (AvgIpc) is 2.94. The summed E-state index contributed by atoms with van der Waals surface area (Å²) in [6, 6.07) is 5.13. The number of nitrogens with zero attached hydrogens (tertiary/aromatic N) is 3. The number of halogens is 2. The average molecular weight is 371 g/mol. The number of hydrogen-bond donors (Lipinski definition) is 2. The van der Waals surface area contributed by atoms with E-state index in [1.165, 1.54) is 0 Å². The zero-order valence-corrected chi connectivity index (χ0v) is 15.1. The lowest BCUT2D eigenvalue weighted by molar-refractivity contribution is -0.142. The Morgan fingerprint density at radius 3 is 2.75 bits per heavy atom. The third kappa shape index (κ3) is 5.19. The maximum absolute atomic E-state index is 11.2. The lowest BCUT2D eigenvalue weighted by Gasteiger charge is -2.14. The van der Waals surface area contributed by atoms with Crippen LogP contribution in [0.3, 0.4) is 0 Å². The van der Waals surface area contributed by atoms with Gasteiger partial charge in [-0.2, -0.15) is 0 Å². The lowest BCUT2D eigenvalue weighted by Crippen LogP contribution is -2.29. The van der Waals surface area contributed by atoms with Crippen LogP contribution in [0, 0.1) is 11.8 Å². The molecule has 0 amide bonds. The van der Waals surface area contributed by atoms with E-state index in [-0.39, 0.29) is 0 Å². The largest absolute Gasteiger partial charge is 0.481 e. The number of rotatable bonds is 8. The number of benzene rings is 1. The van der Waals surface area contributed by atoms with E-state index in [1.54, 1.807) is 29.1 Å². The molecule has 6 nitrogen and oxygen atoms in total. The van der Waals surface area contributed by atoms with Crippen molar-refractivity contribution in [3.8, 4) is 5.69 Å². The zero-order chi connectivity index (χ0) is 17.7. The van der Waals surface area contributed by atoms with Crippen LogP contribution in [0.5, 0.6) is 0 Å². The maximum atomic E-state index is 11.2. The van der Waals surface area contributed by atoms with Crippen LogP contribution in [0.1, 0.15) is 26.0 Å². The van der Waals surface area contributed by atoms with Crippen molar-refractivity contribution in [3.63, 3.8) is 0 Å². The van der Waals surface area contributed by atoms with Gasteiger partial charge in [-0.1, -0.05) is 42.3 Å².